The third kappa shape index (κ3) is 6.56. The molecule has 0 aliphatic carbocycles. The van der Waals surface area contributed by atoms with E-state index in [1.807, 2.05) is 0 Å². The maximum absolute atomic E-state index is 10.8. The molecule has 2 N–H and O–H groups in total. The van der Waals surface area contributed by atoms with Gasteiger partial charge in [-0.1, -0.05) is 0 Å². The number of halogens is 1. The molecule has 0 aromatic carbocycles. The Kier molecular flexibility index (Phi) is 6.63. The van der Waals surface area contributed by atoms with Crippen LogP contribution in [-0.4, -0.2) is 47.0 Å². The van der Waals surface area contributed by atoms with E-state index in [2.05, 4.69) is 10.0 Å². The first kappa shape index (κ1) is 14.1. The zero-order chi connectivity index (χ0) is 9.73. The van der Waals surface area contributed by atoms with Crippen molar-refractivity contribution in [2.24, 2.45) is 0 Å². The molecule has 1 rings (SSSR count). The van der Waals surface area contributed by atoms with Gasteiger partial charge in [-0.2, -0.15) is 0 Å². The van der Waals surface area contributed by atoms with Gasteiger partial charge in [0.05, 0.1) is 19.0 Å². The van der Waals surface area contributed by atoms with Crippen molar-refractivity contribution in [1.29, 1.82) is 0 Å². The third-order valence-electron chi connectivity index (χ3n) is 1.85. The van der Waals surface area contributed by atoms with Crippen LogP contribution in [0.1, 0.15) is 6.42 Å². The molecule has 1 heterocycles. The Morgan fingerprint density at radius 1 is 1.50 bits per heavy atom. The van der Waals surface area contributed by atoms with Gasteiger partial charge in [0.25, 0.3) is 0 Å². The quantitative estimate of drug-likeness (QED) is 0.692. The molecule has 5 nitrogen and oxygen atoms in total. The molecule has 0 radical (unpaired) electrons. The summed E-state index contributed by atoms with van der Waals surface area (Å²) in [4.78, 5) is 0. The minimum Gasteiger partial charge on any atom is -0.375 e. The monoisotopic (exact) mass is 244 g/mol. The standard InChI is InChI=1S/C7H16N2O3S.ClH/c1-13(10,11)9-6-7-2-3-8-4-5-12-7;/h7-9H,2-6H2,1H3;1H. The van der Waals surface area contributed by atoms with Crippen LogP contribution < -0.4 is 10.0 Å². The molecule has 86 valence electrons. The molecule has 7 heteroatoms. The summed E-state index contributed by atoms with van der Waals surface area (Å²) in [5.74, 6) is 0. The van der Waals surface area contributed by atoms with Crippen LogP contribution >= 0.6 is 12.4 Å². The van der Waals surface area contributed by atoms with Crippen LogP contribution in [-0.2, 0) is 14.8 Å². The highest BCUT2D eigenvalue weighted by atomic mass is 35.5. The Balaban J connectivity index is 0.00000169. The largest absolute Gasteiger partial charge is 0.375 e. The summed E-state index contributed by atoms with van der Waals surface area (Å²) in [5, 5.41) is 3.17. The van der Waals surface area contributed by atoms with E-state index in [0.29, 0.717) is 13.2 Å². The Hall–Kier alpha value is 0.120. The minimum absolute atomic E-state index is 0. The predicted molar refractivity (Wildman–Crippen MR) is 57.3 cm³/mol. The summed E-state index contributed by atoms with van der Waals surface area (Å²) >= 11 is 0. The van der Waals surface area contributed by atoms with Crippen molar-refractivity contribution >= 4 is 22.4 Å². The van der Waals surface area contributed by atoms with Crippen molar-refractivity contribution in [3.63, 3.8) is 0 Å². The van der Waals surface area contributed by atoms with Gasteiger partial charge in [0.1, 0.15) is 0 Å². The van der Waals surface area contributed by atoms with Gasteiger partial charge < -0.3 is 10.1 Å². The Morgan fingerprint density at radius 2 is 2.21 bits per heavy atom. The van der Waals surface area contributed by atoms with Gasteiger partial charge >= 0.3 is 0 Å². The molecule has 0 bridgehead atoms. The number of hydrogen-bond acceptors (Lipinski definition) is 4. The van der Waals surface area contributed by atoms with Crippen LogP contribution in [0.2, 0.25) is 0 Å². The number of ether oxygens (including phenoxy) is 1. The van der Waals surface area contributed by atoms with Gasteiger partial charge in [-0.05, 0) is 13.0 Å². The van der Waals surface area contributed by atoms with Gasteiger partial charge in [0, 0.05) is 13.1 Å². The van der Waals surface area contributed by atoms with E-state index in [4.69, 9.17) is 4.74 Å². The summed E-state index contributed by atoms with van der Waals surface area (Å²) in [6.45, 7) is 2.75. The fourth-order valence-electron chi connectivity index (χ4n) is 1.17. The first-order valence-electron chi connectivity index (χ1n) is 4.35. The van der Waals surface area contributed by atoms with Crippen molar-refractivity contribution in [3.05, 3.63) is 0 Å². The second-order valence-electron chi connectivity index (χ2n) is 3.15. The van der Waals surface area contributed by atoms with E-state index in [9.17, 15) is 8.42 Å². The maximum atomic E-state index is 10.8. The lowest BCUT2D eigenvalue weighted by molar-refractivity contribution is 0.0684. The van der Waals surface area contributed by atoms with Gasteiger partial charge in [-0.3, -0.25) is 0 Å². The normalized spacial score (nSPS) is 23.6. The van der Waals surface area contributed by atoms with Gasteiger partial charge in [-0.15, -0.1) is 12.4 Å². The Morgan fingerprint density at radius 3 is 2.86 bits per heavy atom. The molecule has 0 aromatic rings. The fourth-order valence-corrected chi connectivity index (χ4v) is 1.66. The number of hydrogen-bond donors (Lipinski definition) is 2. The van der Waals surface area contributed by atoms with E-state index in [-0.39, 0.29) is 18.5 Å². The molecular formula is C7H17ClN2O3S. The smallest absolute Gasteiger partial charge is 0.208 e. The summed E-state index contributed by atoms with van der Waals surface area (Å²) in [5.41, 5.74) is 0. The topological polar surface area (TPSA) is 67.4 Å². The summed E-state index contributed by atoms with van der Waals surface area (Å²) < 4.78 is 29.4. The van der Waals surface area contributed by atoms with Crippen molar-refractivity contribution in [3.8, 4) is 0 Å². The fraction of sp³-hybridized carbons (Fsp3) is 1.00. The van der Waals surface area contributed by atoms with Crippen molar-refractivity contribution < 1.29 is 13.2 Å². The number of rotatable bonds is 3. The predicted octanol–water partition coefficient (Wildman–Crippen LogP) is -0.664. The lowest BCUT2D eigenvalue weighted by Crippen LogP contribution is -2.33. The Labute approximate surface area is 91.1 Å². The molecule has 1 aliphatic heterocycles. The lowest BCUT2D eigenvalue weighted by atomic mass is 10.2. The summed E-state index contributed by atoms with van der Waals surface area (Å²) in [7, 11) is -3.09. The van der Waals surface area contributed by atoms with E-state index in [1.165, 1.54) is 0 Å². The van der Waals surface area contributed by atoms with Gasteiger partial charge in [0.15, 0.2) is 0 Å². The molecular weight excluding hydrogens is 228 g/mol. The van der Waals surface area contributed by atoms with Crippen molar-refractivity contribution in [1.82, 2.24) is 10.0 Å². The van der Waals surface area contributed by atoms with Crippen LogP contribution in [0, 0.1) is 0 Å². The molecule has 1 atom stereocenters. The molecule has 14 heavy (non-hydrogen) atoms. The van der Waals surface area contributed by atoms with Gasteiger partial charge in [-0.25, -0.2) is 13.1 Å². The Bertz CT molecular complexity index is 237. The second kappa shape index (κ2) is 6.58. The van der Waals surface area contributed by atoms with E-state index < -0.39 is 10.0 Å². The first-order chi connectivity index (χ1) is 6.08. The molecule has 0 aromatic heterocycles. The molecule has 1 unspecified atom stereocenters. The van der Waals surface area contributed by atoms with Crippen LogP contribution in [0.25, 0.3) is 0 Å². The third-order valence-corrected chi connectivity index (χ3v) is 2.54. The van der Waals surface area contributed by atoms with Crippen LogP contribution in [0.5, 0.6) is 0 Å². The molecule has 1 aliphatic rings. The average molecular weight is 245 g/mol. The van der Waals surface area contributed by atoms with Crippen LogP contribution in [0.15, 0.2) is 0 Å². The average Bonchev–Trinajstić information content (AvgIpc) is 2.26. The zero-order valence-corrected chi connectivity index (χ0v) is 9.79. The van der Waals surface area contributed by atoms with Gasteiger partial charge in [0.2, 0.25) is 10.0 Å². The van der Waals surface area contributed by atoms with E-state index in [1.54, 1.807) is 0 Å². The van der Waals surface area contributed by atoms with E-state index in [0.717, 1.165) is 25.8 Å². The molecule has 0 saturated carbocycles. The van der Waals surface area contributed by atoms with Crippen LogP contribution in [0.3, 0.4) is 0 Å². The van der Waals surface area contributed by atoms with Crippen molar-refractivity contribution in [2.75, 3.05) is 32.5 Å². The molecule has 0 amide bonds. The zero-order valence-electron chi connectivity index (χ0n) is 8.15. The van der Waals surface area contributed by atoms with Crippen molar-refractivity contribution in [2.45, 2.75) is 12.5 Å². The summed E-state index contributed by atoms with van der Waals surface area (Å²) in [6, 6.07) is 0. The minimum atomic E-state index is -3.09. The van der Waals surface area contributed by atoms with E-state index >= 15 is 0 Å². The highest BCUT2D eigenvalue weighted by Crippen LogP contribution is 1.99. The molecule has 0 spiro atoms. The highest BCUT2D eigenvalue weighted by molar-refractivity contribution is 7.88. The molecule has 1 saturated heterocycles. The highest BCUT2D eigenvalue weighted by Gasteiger charge is 2.13. The number of nitrogens with one attached hydrogen (secondary N) is 2. The summed E-state index contributed by atoms with van der Waals surface area (Å²) in [6.07, 6.45) is 2.01. The first-order valence-corrected chi connectivity index (χ1v) is 6.24. The molecule has 1 fully saturated rings. The maximum Gasteiger partial charge on any atom is 0.208 e. The SMILES string of the molecule is CS(=O)(=O)NCC1CCNCCO1.Cl. The van der Waals surface area contributed by atoms with Crippen LogP contribution in [0.4, 0.5) is 0 Å². The second-order valence-corrected chi connectivity index (χ2v) is 4.99. The number of sulfonamides is 1. The lowest BCUT2D eigenvalue weighted by Gasteiger charge is -2.13.